The minimum atomic E-state index is -0.843. The van der Waals surface area contributed by atoms with Crippen molar-refractivity contribution in [2.75, 3.05) is 23.9 Å². The van der Waals surface area contributed by atoms with E-state index in [9.17, 15) is 29.3 Å². The van der Waals surface area contributed by atoms with Crippen LogP contribution in [0, 0.1) is 22.0 Å². The first-order valence-corrected chi connectivity index (χ1v) is 12.0. The Morgan fingerprint density at radius 1 is 1.05 bits per heavy atom. The van der Waals surface area contributed by atoms with Crippen LogP contribution >= 0.6 is 23.2 Å². The molecule has 13 heteroatoms. The smallest absolute Gasteiger partial charge is 0.338 e. The van der Waals surface area contributed by atoms with Gasteiger partial charge >= 0.3 is 5.97 Å². The number of nitrogens with zero attached hydrogens (tertiary/aromatic N) is 2. The number of hydrogen-bond acceptors (Lipinski definition) is 8. The van der Waals surface area contributed by atoms with Crippen LogP contribution in [0.4, 0.5) is 17.1 Å². The largest absolute Gasteiger partial charge is 0.497 e. The number of anilines is 2. The number of methoxy groups -OCH3 is 1. The molecule has 2 aromatic rings. The maximum Gasteiger partial charge on any atom is 0.338 e. The van der Waals surface area contributed by atoms with E-state index in [0.717, 1.165) is 4.90 Å². The fourth-order valence-electron chi connectivity index (χ4n) is 4.40. The first-order valence-electron chi connectivity index (χ1n) is 11.2. The number of rotatable bonds is 7. The zero-order chi connectivity index (χ0) is 26.9. The van der Waals surface area contributed by atoms with Crippen LogP contribution in [0.2, 0.25) is 0 Å². The number of fused-ring (bicyclic) bond motifs is 1. The number of nitro groups is 1. The summed E-state index contributed by atoms with van der Waals surface area (Å²) in [4.78, 5) is 62.0. The van der Waals surface area contributed by atoms with Crippen molar-refractivity contribution >= 4 is 64.0 Å². The van der Waals surface area contributed by atoms with Crippen LogP contribution in [0.25, 0.3) is 0 Å². The summed E-state index contributed by atoms with van der Waals surface area (Å²) in [7, 11) is 1.37. The SMILES string of the molecule is COc1ccc([N+](=O)[O-])c(NC(=O)COC(=O)c2ccc(N3C(=O)[C@H]4C[C@@H](Cl)[C@@H](Cl)C[C@H]4C3=O)cc2)c1. The van der Waals surface area contributed by atoms with Crippen molar-refractivity contribution in [3.05, 3.63) is 58.1 Å². The summed E-state index contributed by atoms with van der Waals surface area (Å²) in [5, 5.41) is 12.7. The second-order valence-electron chi connectivity index (χ2n) is 8.54. The van der Waals surface area contributed by atoms with Crippen molar-refractivity contribution < 1.29 is 33.6 Å². The third-order valence-electron chi connectivity index (χ3n) is 6.28. The van der Waals surface area contributed by atoms with E-state index < -0.39 is 46.0 Å². The van der Waals surface area contributed by atoms with Gasteiger partial charge in [0.2, 0.25) is 11.8 Å². The number of alkyl halides is 2. The number of hydrogen-bond donors (Lipinski definition) is 1. The van der Waals surface area contributed by atoms with Crippen molar-refractivity contribution in [2.24, 2.45) is 11.8 Å². The molecule has 1 heterocycles. The molecule has 11 nitrogen and oxygen atoms in total. The van der Waals surface area contributed by atoms with Gasteiger partial charge in [-0.2, -0.15) is 0 Å². The lowest BCUT2D eigenvalue weighted by Crippen LogP contribution is -2.34. The van der Waals surface area contributed by atoms with Crippen LogP contribution in [-0.4, -0.2) is 53.1 Å². The first kappa shape index (κ1) is 26.4. The third kappa shape index (κ3) is 5.37. The molecule has 1 aliphatic carbocycles. The number of benzene rings is 2. The average Bonchev–Trinajstić information content (AvgIpc) is 3.11. The van der Waals surface area contributed by atoms with Gasteiger partial charge < -0.3 is 14.8 Å². The van der Waals surface area contributed by atoms with Gasteiger partial charge in [0.15, 0.2) is 6.61 Å². The molecule has 1 aliphatic heterocycles. The molecular formula is C24H21Cl2N3O8. The molecule has 0 radical (unpaired) electrons. The molecule has 0 bridgehead atoms. The maximum absolute atomic E-state index is 12.9. The van der Waals surface area contributed by atoms with Gasteiger partial charge in [-0.3, -0.25) is 29.4 Å². The Morgan fingerprint density at radius 2 is 1.65 bits per heavy atom. The quantitative estimate of drug-likeness (QED) is 0.181. The van der Waals surface area contributed by atoms with E-state index in [1.54, 1.807) is 0 Å². The molecule has 0 spiro atoms. The maximum atomic E-state index is 12.9. The Balaban J connectivity index is 1.38. The van der Waals surface area contributed by atoms with Crippen LogP contribution < -0.4 is 15.0 Å². The predicted octanol–water partition coefficient (Wildman–Crippen LogP) is 3.51. The van der Waals surface area contributed by atoms with Crippen LogP contribution in [0.5, 0.6) is 5.75 Å². The van der Waals surface area contributed by atoms with Crippen molar-refractivity contribution in [3.8, 4) is 5.75 Å². The molecule has 1 N–H and O–H groups in total. The van der Waals surface area contributed by atoms with E-state index in [2.05, 4.69) is 5.32 Å². The Labute approximate surface area is 220 Å². The van der Waals surface area contributed by atoms with Gasteiger partial charge in [-0.1, -0.05) is 0 Å². The zero-order valence-electron chi connectivity index (χ0n) is 19.4. The van der Waals surface area contributed by atoms with Gasteiger partial charge in [0.1, 0.15) is 11.4 Å². The van der Waals surface area contributed by atoms with Crippen LogP contribution in [0.3, 0.4) is 0 Å². The summed E-state index contributed by atoms with van der Waals surface area (Å²) < 4.78 is 10.0. The van der Waals surface area contributed by atoms with Crippen LogP contribution in [0.15, 0.2) is 42.5 Å². The summed E-state index contributed by atoms with van der Waals surface area (Å²) in [6.45, 7) is -0.708. The minimum Gasteiger partial charge on any atom is -0.497 e. The zero-order valence-corrected chi connectivity index (χ0v) is 20.9. The molecule has 4 rings (SSSR count). The predicted molar refractivity (Wildman–Crippen MR) is 133 cm³/mol. The van der Waals surface area contributed by atoms with Gasteiger partial charge in [0.05, 0.1) is 45.9 Å². The second-order valence-corrected chi connectivity index (χ2v) is 9.66. The fraction of sp³-hybridized carbons (Fsp3) is 0.333. The monoisotopic (exact) mass is 549 g/mol. The highest BCUT2D eigenvalue weighted by Gasteiger charge is 2.52. The van der Waals surface area contributed by atoms with Crippen molar-refractivity contribution in [3.63, 3.8) is 0 Å². The molecule has 2 fully saturated rings. The number of ether oxygens (including phenoxy) is 2. The molecule has 37 heavy (non-hydrogen) atoms. The minimum absolute atomic E-state index is 0.0714. The second kappa shape index (κ2) is 10.7. The fourth-order valence-corrected chi connectivity index (χ4v) is 4.99. The van der Waals surface area contributed by atoms with Crippen LogP contribution in [0.1, 0.15) is 23.2 Å². The van der Waals surface area contributed by atoms with Gasteiger partial charge in [-0.15, -0.1) is 23.2 Å². The Hall–Kier alpha value is -3.70. The summed E-state index contributed by atoms with van der Waals surface area (Å²) in [5.41, 5.74) is -0.107. The van der Waals surface area contributed by atoms with E-state index in [4.69, 9.17) is 32.7 Å². The van der Waals surface area contributed by atoms with Gasteiger partial charge in [0, 0.05) is 12.1 Å². The van der Waals surface area contributed by atoms with Crippen molar-refractivity contribution in [2.45, 2.75) is 23.6 Å². The number of esters is 1. The normalized spacial score (nSPS) is 22.8. The molecule has 3 amide bonds. The van der Waals surface area contributed by atoms with E-state index in [1.807, 2.05) is 0 Å². The third-order valence-corrected chi connectivity index (χ3v) is 7.38. The lowest BCUT2D eigenvalue weighted by molar-refractivity contribution is -0.383. The Morgan fingerprint density at radius 3 is 2.19 bits per heavy atom. The highest BCUT2D eigenvalue weighted by atomic mass is 35.5. The van der Waals surface area contributed by atoms with Crippen molar-refractivity contribution in [1.82, 2.24) is 0 Å². The number of amides is 3. The first-order chi connectivity index (χ1) is 17.6. The lowest BCUT2D eigenvalue weighted by atomic mass is 9.80. The Bertz CT molecular complexity index is 1240. The van der Waals surface area contributed by atoms with Gasteiger partial charge in [-0.05, 0) is 43.2 Å². The number of nitrogens with one attached hydrogen (secondary N) is 1. The van der Waals surface area contributed by atoms with Gasteiger partial charge in [-0.25, -0.2) is 4.79 Å². The number of carbonyl (C=O) groups is 4. The summed E-state index contributed by atoms with van der Waals surface area (Å²) in [6.07, 6.45) is 0.625. The topological polar surface area (TPSA) is 145 Å². The average molecular weight is 550 g/mol. The van der Waals surface area contributed by atoms with E-state index in [1.165, 1.54) is 49.6 Å². The number of halogens is 2. The molecule has 2 aromatic carbocycles. The molecule has 1 saturated carbocycles. The van der Waals surface area contributed by atoms with Gasteiger partial charge in [0.25, 0.3) is 11.6 Å². The number of nitro benzene ring substituents is 1. The summed E-state index contributed by atoms with van der Waals surface area (Å²) in [6, 6.07) is 9.40. The van der Waals surface area contributed by atoms with Crippen LogP contribution in [-0.2, 0) is 19.1 Å². The molecule has 2 aliphatic rings. The molecular weight excluding hydrogens is 529 g/mol. The summed E-state index contributed by atoms with van der Waals surface area (Å²) >= 11 is 12.4. The molecule has 194 valence electrons. The standard InChI is InChI=1S/C24H21Cl2N3O8/c1-36-14-6-7-20(29(34)35)19(8-14)27-21(30)11-37-24(33)12-2-4-13(5-3-12)28-22(31)15-9-17(25)18(26)10-16(15)23(28)32/h2-8,15-18H,9-11H2,1H3,(H,27,30)/t15-,16+,17+,18-. The van der Waals surface area contributed by atoms with E-state index in [-0.39, 0.29) is 34.5 Å². The van der Waals surface area contributed by atoms with E-state index in [0.29, 0.717) is 18.5 Å². The highest BCUT2D eigenvalue weighted by Crippen LogP contribution is 2.43. The Kier molecular flexibility index (Phi) is 7.65. The molecule has 0 aromatic heterocycles. The number of imide groups is 1. The van der Waals surface area contributed by atoms with Crippen molar-refractivity contribution in [1.29, 1.82) is 0 Å². The summed E-state index contributed by atoms with van der Waals surface area (Å²) in [5.74, 6) is -3.14. The lowest BCUT2D eigenvalue weighted by Gasteiger charge is -2.28. The highest BCUT2D eigenvalue weighted by molar-refractivity contribution is 6.31. The molecule has 1 saturated heterocycles. The number of carbonyl (C=O) groups excluding carboxylic acids is 4. The molecule has 4 atom stereocenters. The van der Waals surface area contributed by atoms with E-state index >= 15 is 0 Å². The molecule has 0 unspecified atom stereocenters.